The SMILES string of the molecule is CCCSc1nc2c(c(=O)[nH]1)[C@@H](c1cccs1)[C@@H]1C(=O)CCC=C1N2. The maximum Gasteiger partial charge on any atom is 0.257 e. The Balaban J connectivity index is 1.87. The van der Waals surface area contributed by atoms with Crippen LogP contribution in [0.25, 0.3) is 0 Å². The van der Waals surface area contributed by atoms with Crippen molar-refractivity contribution in [3.05, 3.63) is 50.1 Å². The Morgan fingerprint density at radius 3 is 3.00 bits per heavy atom. The van der Waals surface area contributed by atoms with Gasteiger partial charge in [0.15, 0.2) is 5.16 Å². The second kappa shape index (κ2) is 6.80. The fraction of sp³-hybridized carbons (Fsp3) is 0.389. The third-order valence-corrected chi connectivity index (χ3v) is 6.60. The van der Waals surface area contributed by atoms with Gasteiger partial charge in [-0.05, 0) is 24.3 Å². The molecule has 4 rings (SSSR count). The van der Waals surface area contributed by atoms with Crippen molar-refractivity contribution in [3.63, 3.8) is 0 Å². The molecule has 0 spiro atoms. The van der Waals surface area contributed by atoms with Gasteiger partial charge < -0.3 is 10.3 Å². The molecule has 0 saturated heterocycles. The smallest absolute Gasteiger partial charge is 0.257 e. The lowest BCUT2D eigenvalue weighted by atomic mass is 9.74. The summed E-state index contributed by atoms with van der Waals surface area (Å²) in [7, 11) is 0. The highest BCUT2D eigenvalue weighted by atomic mass is 32.2. The molecule has 2 aliphatic rings. The molecule has 1 aliphatic heterocycles. The second-order valence-electron chi connectivity index (χ2n) is 6.24. The van der Waals surface area contributed by atoms with Crippen molar-refractivity contribution in [1.82, 2.24) is 9.97 Å². The molecule has 2 aromatic rings. The van der Waals surface area contributed by atoms with E-state index in [0.717, 1.165) is 29.2 Å². The number of nitrogens with one attached hydrogen (secondary N) is 2. The number of aromatic nitrogens is 2. The Kier molecular flexibility index (Phi) is 4.52. The number of Topliss-reactive ketones (excluding diaryl/α,β-unsaturated/α-hetero) is 1. The van der Waals surface area contributed by atoms with Crippen molar-refractivity contribution in [2.45, 2.75) is 37.3 Å². The average molecular weight is 374 g/mol. The van der Waals surface area contributed by atoms with Gasteiger partial charge in [0.1, 0.15) is 11.6 Å². The highest BCUT2D eigenvalue weighted by Gasteiger charge is 2.42. The van der Waals surface area contributed by atoms with Crippen LogP contribution < -0.4 is 10.9 Å². The number of carbonyl (C=O) groups is 1. The number of nitrogens with zero attached hydrogens (tertiary/aromatic N) is 1. The first kappa shape index (κ1) is 16.6. The number of H-pyrrole nitrogens is 1. The zero-order valence-electron chi connectivity index (χ0n) is 13.9. The summed E-state index contributed by atoms with van der Waals surface area (Å²) in [5.74, 6) is 1.13. The second-order valence-corrected chi connectivity index (χ2v) is 8.30. The van der Waals surface area contributed by atoms with E-state index in [2.05, 4.69) is 28.3 Å². The van der Waals surface area contributed by atoms with E-state index >= 15 is 0 Å². The van der Waals surface area contributed by atoms with Gasteiger partial charge in [-0.2, -0.15) is 0 Å². The average Bonchev–Trinajstić information content (AvgIpc) is 3.12. The summed E-state index contributed by atoms with van der Waals surface area (Å²) in [6, 6.07) is 3.97. The molecule has 2 aromatic heterocycles. The van der Waals surface area contributed by atoms with Gasteiger partial charge in [0.2, 0.25) is 0 Å². The van der Waals surface area contributed by atoms with Gasteiger partial charge >= 0.3 is 0 Å². The molecular weight excluding hydrogens is 354 g/mol. The third-order valence-electron chi connectivity index (χ3n) is 4.57. The summed E-state index contributed by atoms with van der Waals surface area (Å²) in [4.78, 5) is 34.1. The molecule has 0 aromatic carbocycles. The molecule has 0 amide bonds. The maximum absolute atomic E-state index is 12.9. The van der Waals surface area contributed by atoms with Gasteiger partial charge in [0, 0.05) is 28.7 Å². The molecular formula is C18H19N3O2S2. The lowest BCUT2D eigenvalue weighted by molar-refractivity contribution is -0.122. The van der Waals surface area contributed by atoms with E-state index in [1.807, 2.05) is 17.5 Å². The van der Waals surface area contributed by atoms with E-state index in [4.69, 9.17) is 0 Å². The fourth-order valence-electron chi connectivity index (χ4n) is 3.51. The number of fused-ring (bicyclic) bond motifs is 2. The van der Waals surface area contributed by atoms with E-state index in [9.17, 15) is 9.59 Å². The van der Waals surface area contributed by atoms with Crippen LogP contribution in [0.3, 0.4) is 0 Å². The number of aromatic amines is 1. The Bertz CT molecular complexity index is 886. The van der Waals surface area contributed by atoms with Gasteiger partial charge in [-0.25, -0.2) is 4.98 Å². The normalized spacial score (nSPS) is 22.0. The minimum atomic E-state index is -0.308. The van der Waals surface area contributed by atoms with Crippen LogP contribution in [0.5, 0.6) is 0 Å². The zero-order valence-corrected chi connectivity index (χ0v) is 15.5. The number of carbonyl (C=O) groups excluding carboxylic acids is 1. The molecule has 0 saturated carbocycles. The summed E-state index contributed by atoms with van der Waals surface area (Å²) in [5, 5.41) is 5.90. The molecule has 2 atom stereocenters. The number of rotatable bonds is 4. The zero-order chi connectivity index (χ0) is 17.4. The van der Waals surface area contributed by atoms with Gasteiger partial charge in [0.25, 0.3) is 5.56 Å². The number of hydrogen-bond donors (Lipinski definition) is 2. The van der Waals surface area contributed by atoms with Gasteiger partial charge in [-0.1, -0.05) is 30.8 Å². The number of thioether (sulfide) groups is 1. The van der Waals surface area contributed by atoms with Crippen LogP contribution in [0.4, 0.5) is 5.82 Å². The molecule has 25 heavy (non-hydrogen) atoms. The molecule has 0 unspecified atom stereocenters. The molecule has 3 heterocycles. The predicted molar refractivity (Wildman–Crippen MR) is 101 cm³/mol. The van der Waals surface area contributed by atoms with E-state index in [1.165, 1.54) is 0 Å². The fourth-order valence-corrected chi connectivity index (χ4v) is 5.10. The lowest BCUT2D eigenvalue weighted by Gasteiger charge is -2.35. The molecule has 0 radical (unpaired) electrons. The molecule has 130 valence electrons. The van der Waals surface area contributed by atoms with E-state index in [1.54, 1.807) is 23.1 Å². The van der Waals surface area contributed by atoms with E-state index in [-0.39, 0.29) is 23.2 Å². The van der Waals surface area contributed by atoms with E-state index < -0.39 is 0 Å². The first-order valence-corrected chi connectivity index (χ1v) is 10.4. The molecule has 7 heteroatoms. The van der Waals surface area contributed by atoms with Gasteiger partial charge in [-0.3, -0.25) is 9.59 Å². The Morgan fingerprint density at radius 1 is 1.36 bits per heavy atom. The minimum Gasteiger partial charge on any atom is -0.343 e. The predicted octanol–water partition coefficient (Wildman–Crippen LogP) is 3.75. The van der Waals surface area contributed by atoms with Crippen LogP contribution in [-0.4, -0.2) is 21.5 Å². The lowest BCUT2D eigenvalue weighted by Crippen LogP contribution is -2.38. The quantitative estimate of drug-likeness (QED) is 0.631. The summed E-state index contributed by atoms with van der Waals surface area (Å²) in [5.41, 5.74) is 1.33. The van der Waals surface area contributed by atoms with Crippen LogP contribution in [0.2, 0.25) is 0 Å². The molecule has 2 N–H and O–H groups in total. The number of thiophene rings is 1. The molecule has 1 aliphatic carbocycles. The van der Waals surface area contributed by atoms with Crippen LogP contribution in [0.1, 0.15) is 42.5 Å². The summed E-state index contributed by atoms with van der Waals surface area (Å²) in [6.07, 6.45) is 4.36. The first-order chi connectivity index (χ1) is 12.2. The largest absolute Gasteiger partial charge is 0.343 e. The summed E-state index contributed by atoms with van der Waals surface area (Å²) < 4.78 is 0. The van der Waals surface area contributed by atoms with Crippen molar-refractivity contribution in [2.75, 3.05) is 11.1 Å². The standard InChI is InChI=1S/C18H19N3O2S2/c1-2-8-25-18-20-16-15(17(23)21-18)14(12-7-4-9-24-12)13-10(19-16)5-3-6-11(13)22/h4-5,7,9,13-14H,2-3,6,8H2,1H3,(H2,19,20,21,23)/t13-,14-/m0/s1. The number of allylic oxidation sites excluding steroid dienone is 2. The van der Waals surface area contributed by atoms with Crippen molar-refractivity contribution >= 4 is 34.7 Å². The van der Waals surface area contributed by atoms with Crippen molar-refractivity contribution in [2.24, 2.45) is 5.92 Å². The van der Waals surface area contributed by atoms with Crippen LogP contribution in [-0.2, 0) is 4.79 Å². The molecule has 0 fully saturated rings. The van der Waals surface area contributed by atoms with Crippen LogP contribution in [0, 0.1) is 5.92 Å². The van der Waals surface area contributed by atoms with Crippen molar-refractivity contribution in [3.8, 4) is 0 Å². The first-order valence-electron chi connectivity index (χ1n) is 8.49. The summed E-state index contributed by atoms with van der Waals surface area (Å²) in [6.45, 7) is 2.09. The van der Waals surface area contributed by atoms with Gasteiger partial charge in [0.05, 0.1) is 11.5 Å². The maximum atomic E-state index is 12.9. The summed E-state index contributed by atoms with van der Waals surface area (Å²) >= 11 is 3.13. The van der Waals surface area contributed by atoms with Crippen molar-refractivity contribution in [1.29, 1.82) is 0 Å². The number of hydrogen-bond acceptors (Lipinski definition) is 6. The van der Waals surface area contributed by atoms with Crippen LogP contribution >= 0.6 is 23.1 Å². The molecule has 5 nitrogen and oxygen atoms in total. The molecule has 0 bridgehead atoms. The highest BCUT2D eigenvalue weighted by molar-refractivity contribution is 7.99. The Morgan fingerprint density at radius 2 is 2.24 bits per heavy atom. The monoisotopic (exact) mass is 373 g/mol. The Labute approximate surface area is 154 Å². The van der Waals surface area contributed by atoms with Crippen molar-refractivity contribution < 1.29 is 4.79 Å². The minimum absolute atomic E-state index is 0.146. The van der Waals surface area contributed by atoms with Crippen LogP contribution in [0.15, 0.2) is 39.2 Å². The number of anilines is 1. The van der Waals surface area contributed by atoms with Gasteiger partial charge in [-0.15, -0.1) is 11.3 Å². The number of ketones is 1. The highest BCUT2D eigenvalue weighted by Crippen LogP contribution is 2.45. The van der Waals surface area contributed by atoms with E-state index in [0.29, 0.717) is 23.0 Å². The third kappa shape index (κ3) is 2.95. The Hall–Kier alpha value is -1.86. The topological polar surface area (TPSA) is 74.8 Å².